The third-order valence-corrected chi connectivity index (χ3v) is 6.09. The highest BCUT2D eigenvalue weighted by Crippen LogP contribution is 2.35. The maximum Gasteiger partial charge on any atom is 0.282 e. The zero-order valence-electron chi connectivity index (χ0n) is 20.1. The van der Waals surface area contributed by atoms with Gasteiger partial charge in [0.1, 0.15) is 11.4 Å². The number of hydrogen-bond donors (Lipinski definition) is 1. The molecule has 4 rings (SSSR count). The Morgan fingerprint density at radius 3 is 2.35 bits per heavy atom. The molecule has 174 valence electrons. The lowest BCUT2D eigenvalue weighted by molar-refractivity contribution is -0.120. The molecule has 0 unspecified atom stereocenters. The first-order chi connectivity index (χ1) is 16.4. The van der Waals surface area contributed by atoms with Crippen molar-refractivity contribution in [2.24, 2.45) is 0 Å². The molecule has 1 N–H and O–H groups in total. The summed E-state index contributed by atoms with van der Waals surface area (Å²) >= 11 is 0. The number of imide groups is 1. The fourth-order valence-corrected chi connectivity index (χ4v) is 4.26. The van der Waals surface area contributed by atoms with E-state index in [9.17, 15) is 9.59 Å². The Hall–Kier alpha value is -3.86. The predicted molar refractivity (Wildman–Crippen MR) is 137 cm³/mol. The van der Waals surface area contributed by atoms with E-state index in [0.29, 0.717) is 22.7 Å². The fraction of sp³-hybridized carbons (Fsp3) is 0.241. The molecule has 3 aromatic rings. The second-order valence-electron chi connectivity index (χ2n) is 8.64. The van der Waals surface area contributed by atoms with Crippen molar-refractivity contribution in [3.05, 3.63) is 94.7 Å². The molecule has 3 aromatic carbocycles. The number of methoxy groups -OCH3 is 1. The van der Waals surface area contributed by atoms with E-state index in [1.165, 1.54) is 10.5 Å². The van der Waals surface area contributed by atoms with Gasteiger partial charge in [-0.2, -0.15) is 0 Å². The van der Waals surface area contributed by atoms with Gasteiger partial charge in [-0.15, -0.1) is 0 Å². The van der Waals surface area contributed by atoms with Gasteiger partial charge in [0.05, 0.1) is 18.4 Å². The number of anilines is 2. The number of carbonyl (C=O) groups is 2. The van der Waals surface area contributed by atoms with Crippen LogP contribution >= 0.6 is 0 Å². The fourth-order valence-electron chi connectivity index (χ4n) is 4.26. The van der Waals surface area contributed by atoms with Gasteiger partial charge >= 0.3 is 0 Å². The second kappa shape index (κ2) is 9.96. The Morgan fingerprint density at radius 2 is 1.68 bits per heavy atom. The van der Waals surface area contributed by atoms with Crippen LogP contribution in [-0.2, 0) is 16.0 Å². The Morgan fingerprint density at radius 1 is 0.912 bits per heavy atom. The molecule has 0 aromatic heterocycles. The van der Waals surface area contributed by atoms with E-state index in [4.69, 9.17) is 4.74 Å². The lowest BCUT2D eigenvalue weighted by atomic mass is 9.97. The number of rotatable bonds is 8. The molecule has 1 heterocycles. The molecule has 0 spiro atoms. The number of carbonyl (C=O) groups excluding carboxylic acids is 2. The van der Waals surface area contributed by atoms with E-state index in [2.05, 4.69) is 12.2 Å². The lowest BCUT2D eigenvalue weighted by Crippen LogP contribution is -2.32. The molecular formula is C29H30N2O3. The highest BCUT2D eigenvalue weighted by atomic mass is 16.5. The molecule has 5 heteroatoms. The van der Waals surface area contributed by atoms with E-state index in [1.54, 1.807) is 13.2 Å². The van der Waals surface area contributed by atoms with Crippen LogP contribution < -0.4 is 15.0 Å². The minimum absolute atomic E-state index is 0.264. The summed E-state index contributed by atoms with van der Waals surface area (Å²) in [5, 5.41) is 3.21. The summed E-state index contributed by atoms with van der Waals surface area (Å²) in [5.41, 5.74) is 5.87. The number of hydrogen-bond acceptors (Lipinski definition) is 4. The van der Waals surface area contributed by atoms with Crippen LogP contribution in [0, 0.1) is 13.8 Å². The molecule has 5 nitrogen and oxygen atoms in total. The monoisotopic (exact) mass is 454 g/mol. The number of aryl methyl sites for hydroxylation is 3. The summed E-state index contributed by atoms with van der Waals surface area (Å²) in [6.07, 6.45) is 3.20. The number of nitrogens with one attached hydrogen (secondary N) is 1. The molecule has 0 bridgehead atoms. The summed E-state index contributed by atoms with van der Waals surface area (Å²) in [5.74, 6) is -0.0391. The van der Waals surface area contributed by atoms with Gasteiger partial charge in [0.2, 0.25) is 0 Å². The maximum absolute atomic E-state index is 13.7. The van der Waals surface area contributed by atoms with E-state index in [0.717, 1.165) is 36.0 Å². The van der Waals surface area contributed by atoms with Crippen LogP contribution in [0.3, 0.4) is 0 Å². The van der Waals surface area contributed by atoms with Crippen molar-refractivity contribution >= 4 is 28.8 Å². The summed E-state index contributed by atoms with van der Waals surface area (Å²) in [6.45, 7) is 6.13. The smallest absolute Gasteiger partial charge is 0.282 e. The van der Waals surface area contributed by atoms with Gasteiger partial charge in [-0.3, -0.25) is 9.59 Å². The third-order valence-electron chi connectivity index (χ3n) is 6.09. The quantitative estimate of drug-likeness (QED) is 0.421. The summed E-state index contributed by atoms with van der Waals surface area (Å²) in [4.78, 5) is 28.6. The van der Waals surface area contributed by atoms with Crippen molar-refractivity contribution in [1.82, 2.24) is 0 Å². The maximum atomic E-state index is 13.7. The van der Waals surface area contributed by atoms with Crippen LogP contribution in [-0.4, -0.2) is 18.9 Å². The minimum atomic E-state index is -0.371. The molecule has 0 fully saturated rings. The number of amides is 2. The largest absolute Gasteiger partial charge is 0.497 e. The topological polar surface area (TPSA) is 58.6 Å². The van der Waals surface area contributed by atoms with Crippen molar-refractivity contribution in [3.8, 4) is 5.75 Å². The molecule has 0 radical (unpaired) electrons. The second-order valence-corrected chi connectivity index (χ2v) is 8.64. The highest BCUT2D eigenvalue weighted by Gasteiger charge is 2.40. The molecule has 0 saturated carbocycles. The Kier molecular flexibility index (Phi) is 6.82. The molecule has 0 saturated heterocycles. The molecule has 1 aliphatic heterocycles. The Balaban J connectivity index is 1.76. The van der Waals surface area contributed by atoms with Gasteiger partial charge in [-0.25, -0.2) is 4.90 Å². The first-order valence-corrected chi connectivity index (χ1v) is 11.6. The Bertz CT molecular complexity index is 1260. The van der Waals surface area contributed by atoms with Gasteiger partial charge < -0.3 is 10.1 Å². The SMILES string of the molecule is CCCCc1ccc(N2C(=O)C(Nc3cccc(OC)c3)=C(c3ccc(C)cc3C)C2=O)cc1. The van der Waals surface area contributed by atoms with E-state index in [1.807, 2.05) is 74.5 Å². The first-order valence-electron chi connectivity index (χ1n) is 11.6. The van der Waals surface area contributed by atoms with Gasteiger partial charge in [0.15, 0.2) is 0 Å². The summed E-state index contributed by atoms with van der Waals surface area (Å²) in [7, 11) is 1.59. The standard InChI is InChI=1S/C29H30N2O3/c1-5-6-8-21-12-14-23(15-13-21)31-28(32)26(25-16-11-19(2)17-20(25)3)27(29(31)33)30-22-9-7-10-24(18-22)34-4/h7,9-18,30H,5-6,8H2,1-4H3. The number of unbranched alkanes of at least 4 members (excludes halogenated alkanes) is 1. The van der Waals surface area contributed by atoms with Crippen molar-refractivity contribution in [2.45, 2.75) is 40.0 Å². The molecule has 34 heavy (non-hydrogen) atoms. The highest BCUT2D eigenvalue weighted by molar-refractivity contribution is 6.46. The molecule has 1 aliphatic rings. The van der Waals surface area contributed by atoms with Crippen LogP contribution in [0.15, 0.2) is 72.4 Å². The van der Waals surface area contributed by atoms with Crippen molar-refractivity contribution in [3.63, 3.8) is 0 Å². The van der Waals surface area contributed by atoms with Gasteiger partial charge in [-0.1, -0.05) is 55.3 Å². The van der Waals surface area contributed by atoms with Crippen LogP contribution in [0.1, 0.15) is 42.0 Å². The van der Waals surface area contributed by atoms with Crippen molar-refractivity contribution in [2.75, 3.05) is 17.3 Å². The van der Waals surface area contributed by atoms with Gasteiger partial charge in [0, 0.05) is 11.8 Å². The number of nitrogens with zero attached hydrogens (tertiary/aromatic N) is 1. The zero-order chi connectivity index (χ0) is 24.2. The van der Waals surface area contributed by atoms with Crippen molar-refractivity contribution < 1.29 is 14.3 Å². The average molecular weight is 455 g/mol. The van der Waals surface area contributed by atoms with Crippen LogP contribution in [0.4, 0.5) is 11.4 Å². The predicted octanol–water partition coefficient (Wildman–Crippen LogP) is 6.05. The lowest BCUT2D eigenvalue weighted by Gasteiger charge is -2.16. The minimum Gasteiger partial charge on any atom is -0.497 e. The average Bonchev–Trinajstić information content (AvgIpc) is 3.07. The molecular weight excluding hydrogens is 424 g/mol. The van der Waals surface area contributed by atoms with E-state index >= 15 is 0 Å². The van der Waals surface area contributed by atoms with E-state index in [-0.39, 0.29) is 17.5 Å². The van der Waals surface area contributed by atoms with E-state index < -0.39 is 0 Å². The summed E-state index contributed by atoms with van der Waals surface area (Å²) in [6, 6.07) is 20.9. The normalized spacial score (nSPS) is 13.6. The Labute approximate surface area is 201 Å². The van der Waals surface area contributed by atoms with Crippen LogP contribution in [0.25, 0.3) is 5.57 Å². The molecule has 0 aliphatic carbocycles. The van der Waals surface area contributed by atoms with Crippen molar-refractivity contribution in [1.29, 1.82) is 0 Å². The zero-order valence-corrected chi connectivity index (χ0v) is 20.1. The van der Waals surface area contributed by atoms with Gasteiger partial charge in [-0.05, 0) is 67.6 Å². The van der Waals surface area contributed by atoms with Crippen LogP contribution in [0.5, 0.6) is 5.75 Å². The number of benzene rings is 3. The number of ether oxygens (including phenoxy) is 1. The summed E-state index contributed by atoms with van der Waals surface area (Å²) < 4.78 is 5.32. The van der Waals surface area contributed by atoms with Crippen LogP contribution in [0.2, 0.25) is 0 Å². The third kappa shape index (κ3) is 4.60. The van der Waals surface area contributed by atoms with Gasteiger partial charge in [0.25, 0.3) is 11.8 Å². The molecule has 0 atom stereocenters. The first kappa shape index (κ1) is 23.3. The molecule has 2 amide bonds.